The zero-order valence-corrected chi connectivity index (χ0v) is 18.8. The lowest BCUT2D eigenvalue weighted by Crippen LogP contribution is -2.38. The Morgan fingerprint density at radius 1 is 0.844 bits per heavy atom. The summed E-state index contributed by atoms with van der Waals surface area (Å²) in [6, 6.07) is 16.3. The number of para-hydroxylation sites is 1. The molecular formula is C26H31N3O3. The summed E-state index contributed by atoms with van der Waals surface area (Å²) in [7, 11) is 0. The van der Waals surface area contributed by atoms with Gasteiger partial charge in [0.1, 0.15) is 0 Å². The minimum Gasteiger partial charge on any atom is -0.379 e. The van der Waals surface area contributed by atoms with Gasteiger partial charge in [-0.25, -0.2) is 0 Å². The number of fused-ring (bicyclic) bond motifs is 1. The summed E-state index contributed by atoms with van der Waals surface area (Å²) in [5, 5.41) is 1.04. The molecule has 0 atom stereocenters. The molecule has 0 saturated carbocycles. The Labute approximate surface area is 189 Å². The highest BCUT2D eigenvalue weighted by Crippen LogP contribution is 2.29. The maximum Gasteiger partial charge on any atom is 0.195 e. The first-order chi connectivity index (χ1) is 15.7. The molecular weight excluding hydrogens is 402 g/mol. The Morgan fingerprint density at radius 3 is 2.22 bits per heavy atom. The van der Waals surface area contributed by atoms with E-state index in [4.69, 9.17) is 9.47 Å². The van der Waals surface area contributed by atoms with Crippen molar-refractivity contribution in [2.24, 2.45) is 0 Å². The van der Waals surface area contributed by atoms with Crippen molar-refractivity contribution in [1.82, 2.24) is 9.47 Å². The van der Waals surface area contributed by atoms with Crippen LogP contribution in [0.4, 0.5) is 5.69 Å². The average Bonchev–Trinajstić information content (AvgIpc) is 3.14. The molecule has 2 aliphatic heterocycles. The minimum absolute atomic E-state index is 0.0948. The van der Waals surface area contributed by atoms with Gasteiger partial charge < -0.3 is 18.9 Å². The van der Waals surface area contributed by atoms with E-state index >= 15 is 0 Å². The Bertz CT molecular complexity index is 1080. The maximum absolute atomic E-state index is 13.6. The third-order valence-corrected chi connectivity index (χ3v) is 6.71. The summed E-state index contributed by atoms with van der Waals surface area (Å²) in [6.07, 6.45) is 0. The summed E-state index contributed by atoms with van der Waals surface area (Å²) >= 11 is 0. The van der Waals surface area contributed by atoms with Crippen molar-refractivity contribution in [1.29, 1.82) is 0 Å². The van der Waals surface area contributed by atoms with Crippen LogP contribution >= 0.6 is 0 Å². The van der Waals surface area contributed by atoms with E-state index in [9.17, 15) is 4.79 Å². The molecule has 3 heterocycles. The first-order valence-corrected chi connectivity index (χ1v) is 11.6. The lowest BCUT2D eigenvalue weighted by Gasteiger charge is -2.28. The number of rotatable bonds is 6. The number of aromatic nitrogens is 1. The Morgan fingerprint density at radius 2 is 1.50 bits per heavy atom. The van der Waals surface area contributed by atoms with Crippen LogP contribution in [-0.4, -0.2) is 74.4 Å². The number of hydrogen-bond donors (Lipinski definition) is 0. The molecule has 6 nitrogen and oxygen atoms in total. The van der Waals surface area contributed by atoms with E-state index in [1.807, 2.05) is 18.2 Å². The van der Waals surface area contributed by atoms with Crippen LogP contribution in [0, 0.1) is 6.92 Å². The third kappa shape index (κ3) is 4.18. The molecule has 2 aromatic carbocycles. The molecule has 0 amide bonds. The van der Waals surface area contributed by atoms with Gasteiger partial charge in [0, 0.05) is 67.1 Å². The van der Waals surface area contributed by atoms with Crippen LogP contribution in [-0.2, 0) is 16.0 Å². The first kappa shape index (κ1) is 21.2. The van der Waals surface area contributed by atoms with E-state index in [1.165, 1.54) is 0 Å². The number of anilines is 1. The monoisotopic (exact) mass is 433 g/mol. The van der Waals surface area contributed by atoms with E-state index in [0.717, 1.165) is 99.1 Å². The molecule has 6 heteroatoms. The summed E-state index contributed by atoms with van der Waals surface area (Å²) in [6.45, 7) is 10.7. The predicted molar refractivity (Wildman–Crippen MR) is 127 cm³/mol. The second-order valence-electron chi connectivity index (χ2n) is 8.56. The van der Waals surface area contributed by atoms with E-state index in [0.29, 0.717) is 0 Å². The number of nitrogens with zero attached hydrogens (tertiary/aromatic N) is 3. The molecule has 3 aromatic rings. The predicted octanol–water partition coefficient (Wildman–Crippen LogP) is 3.35. The zero-order chi connectivity index (χ0) is 21.9. The minimum atomic E-state index is 0.0948. The number of carbonyl (C=O) groups is 1. The molecule has 0 unspecified atom stereocenters. The molecule has 32 heavy (non-hydrogen) atoms. The number of morpholine rings is 2. The Hall–Kier alpha value is -2.67. The van der Waals surface area contributed by atoms with Crippen molar-refractivity contribution in [3.05, 3.63) is 65.4 Å². The van der Waals surface area contributed by atoms with Crippen molar-refractivity contribution in [2.75, 3.05) is 64.1 Å². The molecule has 2 saturated heterocycles. The van der Waals surface area contributed by atoms with Crippen molar-refractivity contribution in [2.45, 2.75) is 13.5 Å². The summed E-state index contributed by atoms with van der Waals surface area (Å²) < 4.78 is 13.2. The summed E-state index contributed by atoms with van der Waals surface area (Å²) in [5.74, 6) is 0.0948. The number of carbonyl (C=O) groups excluding carboxylic acids is 1. The normalized spacial score (nSPS) is 17.7. The largest absolute Gasteiger partial charge is 0.379 e. The van der Waals surface area contributed by atoms with Crippen molar-refractivity contribution in [3.8, 4) is 0 Å². The number of benzene rings is 2. The van der Waals surface area contributed by atoms with Crippen LogP contribution < -0.4 is 4.90 Å². The summed E-state index contributed by atoms with van der Waals surface area (Å²) in [5.41, 5.74) is 4.88. The van der Waals surface area contributed by atoms with E-state index in [1.54, 1.807) is 0 Å². The summed E-state index contributed by atoms with van der Waals surface area (Å²) in [4.78, 5) is 18.4. The van der Waals surface area contributed by atoms with Gasteiger partial charge in [-0.15, -0.1) is 0 Å². The fourth-order valence-electron chi connectivity index (χ4n) is 4.86. The van der Waals surface area contributed by atoms with Gasteiger partial charge in [-0.05, 0) is 37.3 Å². The molecule has 2 fully saturated rings. The highest BCUT2D eigenvalue weighted by atomic mass is 16.5. The van der Waals surface area contributed by atoms with Gasteiger partial charge in [-0.2, -0.15) is 0 Å². The smallest absolute Gasteiger partial charge is 0.195 e. The molecule has 2 aliphatic rings. The molecule has 0 aliphatic carbocycles. The molecule has 0 radical (unpaired) electrons. The van der Waals surface area contributed by atoms with Gasteiger partial charge in [0.2, 0.25) is 0 Å². The maximum atomic E-state index is 13.6. The zero-order valence-electron chi connectivity index (χ0n) is 18.8. The molecule has 0 spiro atoms. The quantitative estimate of drug-likeness (QED) is 0.558. The van der Waals surface area contributed by atoms with Crippen molar-refractivity contribution < 1.29 is 14.3 Å². The van der Waals surface area contributed by atoms with Crippen LogP contribution in [0.15, 0.2) is 48.5 Å². The van der Waals surface area contributed by atoms with Gasteiger partial charge in [0.25, 0.3) is 0 Å². The Kier molecular flexibility index (Phi) is 6.26. The number of ketones is 1. The van der Waals surface area contributed by atoms with Crippen molar-refractivity contribution in [3.63, 3.8) is 0 Å². The number of ether oxygens (including phenoxy) is 2. The van der Waals surface area contributed by atoms with Gasteiger partial charge in [0.05, 0.1) is 32.0 Å². The van der Waals surface area contributed by atoms with Crippen molar-refractivity contribution >= 4 is 22.4 Å². The third-order valence-electron chi connectivity index (χ3n) is 6.71. The highest BCUT2D eigenvalue weighted by molar-refractivity contribution is 6.17. The molecule has 0 N–H and O–H groups in total. The van der Waals surface area contributed by atoms with Crippen LogP contribution in [0.5, 0.6) is 0 Å². The van der Waals surface area contributed by atoms with Gasteiger partial charge >= 0.3 is 0 Å². The standard InChI is InChI=1S/C26H31N3O3/c1-20-25(26(30)21-6-8-22(9-7-21)28-14-18-32-19-15-28)23-4-2-3-5-24(23)29(20)11-10-27-12-16-31-17-13-27/h2-9H,10-19H2,1H3. The average molecular weight is 434 g/mol. The van der Waals surface area contributed by atoms with Crippen LogP contribution in [0.1, 0.15) is 21.6 Å². The van der Waals surface area contributed by atoms with Gasteiger partial charge in [-0.1, -0.05) is 18.2 Å². The van der Waals surface area contributed by atoms with Gasteiger partial charge in [0.15, 0.2) is 5.78 Å². The van der Waals surface area contributed by atoms with Gasteiger partial charge in [-0.3, -0.25) is 9.69 Å². The molecule has 168 valence electrons. The van der Waals surface area contributed by atoms with E-state index in [-0.39, 0.29) is 5.78 Å². The van der Waals surface area contributed by atoms with Crippen LogP contribution in [0.25, 0.3) is 10.9 Å². The Balaban J connectivity index is 1.41. The highest BCUT2D eigenvalue weighted by Gasteiger charge is 2.22. The fourth-order valence-corrected chi connectivity index (χ4v) is 4.86. The first-order valence-electron chi connectivity index (χ1n) is 11.6. The SMILES string of the molecule is Cc1c(C(=O)c2ccc(N3CCOCC3)cc2)c2ccccc2n1CCN1CCOCC1. The van der Waals surface area contributed by atoms with Crippen LogP contribution in [0.3, 0.4) is 0 Å². The lowest BCUT2D eigenvalue weighted by atomic mass is 10.00. The number of hydrogen-bond acceptors (Lipinski definition) is 5. The lowest BCUT2D eigenvalue weighted by molar-refractivity contribution is 0.0365. The molecule has 0 bridgehead atoms. The van der Waals surface area contributed by atoms with Crippen LogP contribution in [0.2, 0.25) is 0 Å². The molecule has 5 rings (SSSR count). The fraction of sp³-hybridized carbons (Fsp3) is 0.423. The second kappa shape index (κ2) is 9.45. The second-order valence-corrected chi connectivity index (χ2v) is 8.56. The van der Waals surface area contributed by atoms with E-state index < -0.39 is 0 Å². The van der Waals surface area contributed by atoms with E-state index in [2.05, 4.69) is 51.6 Å². The molecule has 1 aromatic heterocycles. The topological polar surface area (TPSA) is 46.9 Å².